The van der Waals surface area contributed by atoms with E-state index in [1.54, 1.807) is 11.5 Å². The normalized spacial score (nSPS) is 10.7. The molecule has 0 saturated carbocycles. The van der Waals surface area contributed by atoms with Gasteiger partial charge in [-0.25, -0.2) is 4.79 Å². The van der Waals surface area contributed by atoms with Crippen molar-refractivity contribution in [2.24, 2.45) is 0 Å². The molecule has 0 saturated heterocycles. The van der Waals surface area contributed by atoms with E-state index in [1.807, 2.05) is 48.8 Å². The van der Waals surface area contributed by atoms with Crippen LogP contribution in [0.15, 0.2) is 54.9 Å². The largest absolute Gasteiger partial charge is 0.461 e. The first-order chi connectivity index (χ1) is 9.78. The Morgan fingerprint density at radius 2 is 1.65 bits per heavy atom. The van der Waals surface area contributed by atoms with Gasteiger partial charge in [-0.1, -0.05) is 42.5 Å². The number of esters is 1. The number of ether oxygens (including phenoxy) is 1. The molecule has 0 fully saturated rings. The summed E-state index contributed by atoms with van der Waals surface area (Å²) in [4.78, 5) is 11.4. The van der Waals surface area contributed by atoms with E-state index < -0.39 is 0 Å². The first-order valence-corrected chi connectivity index (χ1v) is 6.66. The van der Waals surface area contributed by atoms with Crippen molar-refractivity contribution in [3.8, 4) is 0 Å². The number of benzene rings is 1. The van der Waals surface area contributed by atoms with E-state index in [-0.39, 0.29) is 12.5 Å². The van der Waals surface area contributed by atoms with Gasteiger partial charge in [0, 0.05) is 12.1 Å². The molecule has 2 rings (SSSR count). The third kappa shape index (κ3) is 4.35. The van der Waals surface area contributed by atoms with Gasteiger partial charge < -0.3 is 4.74 Å². The van der Waals surface area contributed by atoms with Gasteiger partial charge >= 0.3 is 5.97 Å². The maximum Gasteiger partial charge on any atom is 0.372 e. The smallest absolute Gasteiger partial charge is 0.372 e. The van der Waals surface area contributed by atoms with Crippen LogP contribution in [0.25, 0.3) is 12.2 Å². The van der Waals surface area contributed by atoms with Crippen molar-refractivity contribution < 1.29 is 14.1 Å². The summed E-state index contributed by atoms with van der Waals surface area (Å²) in [5.74, 6) is -0.218. The molecule has 0 unspecified atom stereocenters. The first-order valence-electron chi connectivity index (χ1n) is 6.66. The van der Waals surface area contributed by atoms with Gasteiger partial charge in [-0.05, 0) is 18.1 Å². The Bertz CT molecular complexity index is 574. The molecule has 20 heavy (non-hydrogen) atoms. The van der Waals surface area contributed by atoms with E-state index in [4.69, 9.17) is 4.74 Å². The summed E-state index contributed by atoms with van der Waals surface area (Å²) < 4.78 is 6.71. The fourth-order valence-corrected chi connectivity index (χ4v) is 1.80. The molecule has 0 radical (unpaired) electrons. The molecule has 1 aromatic heterocycles. The molecule has 0 atom stereocenters. The summed E-state index contributed by atoms with van der Waals surface area (Å²) in [7, 11) is 0. The molecule has 0 bridgehead atoms. The van der Waals surface area contributed by atoms with Crippen LogP contribution in [0.1, 0.15) is 18.1 Å². The Hall–Kier alpha value is -2.42. The van der Waals surface area contributed by atoms with Crippen LogP contribution in [0, 0.1) is 0 Å². The second kappa shape index (κ2) is 7.24. The predicted octanol–water partition coefficient (Wildman–Crippen LogP) is 2.71. The number of carbonyl (C=O) groups is 1. The minimum atomic E-state index is -0.218. The summed E-state index contributed by atoms with van der Waals surface area (Å²) in [5.41, 5.74) is 2.25. The molecule has 102 valence electrons. The molecule has 0 N–H and O–H groups in total. The van der Waals surface area contributed by atoms with Crippen molar-refractivity contribution >= 4 is 18.1 Å². The van der Waals surface area contributed by atoms with E-state index in [2.05, 4.69) is 18.2 Å². The Kier molecular flexibility index (Phi) is 5.07. The molecule has 1 heterocycles. The van der Waals surface area contributed by atoms with Gasteiger partial charge in [-0.2, -0.15) is 4.57 Å². The van der Waals surface area contributed by atoms with Crippen LogP contribution in [-0.4, -0.2) is 12.6 Å². The van der Waals surface area contributed by atoms with E-state index in [9.17, 15) is 4.79 Å². The fourth-order valence-electron chi connectivity index (χ4n) is 1.80. The second-order valence-corrected chi connectivity index (χ2v) is 4.35. The third-order valence-electron chi connectivity index (χ3n) is 2.80. The maximum atomic E-state index is 11.4. The second-order valence-electron chi connectivity index (χ2n) is 4.35. The minimum Gasteiger partial charge on any atom is -0.461 e. The van der Waals surface area contributed by atoms with Crippen LogP contribution in [0.2, 0.25) is 0 Å². The van der Waals surface area contributed by atoms with Gasteiger partial charge in [0.25, 0.3) is 0 Å². The van der Waals surface area contributed by atoms with Crippen molar-refractivity contribution in [3.05, 3.63) is 66.0 Å². The SMILES string of the molecule is CCOC(=O)C[n+]1ccc(C=Cc2ccccc2)cc1. The van der Waals surface area contributed by atoms with Crippen LogP contribution in [0.4, 0.5) is 0 Å². The van der Waals surface area contributed by atoms with Gasteiger partial charge in [0.15, 0.2) is 12.4 Å². The van der Waals surface area contributed by atoms with Crippen LogP contribution >= 0.6 is 0 Å². The first kappa shape index (κ1) is 14.0. The number of hydrogen-bond acceptors (Lipinski definition) is 2. The lowest BCUT2D eigenvalue weighted by atomic mass is 10.1. The van der Waals surface area contributed by atoms with E-state index in [0.29, 0.717) is 6.61 Å². The highest BCUT2D eigenvalue weighted by Crippen LogP contribution is 2.06. The monoisotopic (exact) mass is 268 g/mol. The summed E-state index contributed by atoms with van der Waals surface area (Å²) in [6.07, 6.45) is 7.86. The zero-order valence-corrected chi connectivity index (χ0v) is 11.5. The fraction of sp³-hybridized carbons (Fsp3) is 0.176. The van der Waals surface area contributed by atoms with Gasteiger partial charge in [0.05, 0.1) is 6.61 Å². The summed E-state index contributed by atoms with van der Waals surface area (Å²) in [6.45, 7) is 2.47. The Balaban J connectivity index is 1.98. The van der Waals surface area contributed by atoms with Gasteiger partial charge in [0.2, 0.25) is 6.54 Å². The highest BCUT2D eigenvalue weighted by Gasteiger charge is 2.08. The van der Waals surface area contributed by atoms with E-state index in [1.165, 1.54) is 0 Å². The number of nitrogens with zero attached hydrogens (tertiary/aromatic N) is 1. The number of hydrogen-bond donors (Lipinski definition) is 0. The Morgan fingerprint density at radius 1 is 1.05 bits per heavy atom. The number of pyridine rings is 1. The van der Waals surface area contributed by atoms with Crippen LogP contribution in [-0.2, 0) is 16.1 Å². The van der Waals surface area contributed by atoms with Crippen molar-refractivity contribution in [2.45, 2.75) is 13.5 Å². The standard InChI is InChI=1S/C17H18NO2/c1-2-20-17(19)14-18-12-10-16(11-13-18)9-8-15-6-4-3-5-7-15/h3-13H,2,14H2,1H3/q+1. The van der Waals surface area contributed by atoms with Gasteiger partial charge in [-0.15, -0.1) is 0 Å². The molecule has 0 spiro atoms. The van der Waals surface area contributed by atoms with Crippen LogP contribution in [0.3, 0.4) is 0 Å². The molecule has 3 nitrogen and oxygen atoms in total. The molecule has 2 aromatic rings. The molecular formula is C17H18NO2+. The lowest BCUT2D eigenvalue weighted by Gasteiger charge is -1.98. The highest BCUT2D eigenvalue weighted by molar-refractivity contribution is 5.69. The molecule has 0 aliphatic carbocycles. The summed E-state index contributed by atoms with van der Waals surface area (Å²) in [6, 6.07) is 14.1. The predicted molar refractivity (Wildman–Crippen MR) is 78.6 cm³/mol. The summed E-state index contributed by atoms with van der Waals surface area (Å²) >= 11 is 0. The molecule has 0 aliphatic rings. The van der Waals surface area contributed by atoms with E-state index in [0.717, 1.165) is 11.1 Å². The molecule has 1 aromatic carbocycles. The highest BCUT2D eigenvalue weighted by atomic mass is 16.5. The maximum absolute atomic E-state index is 11.4. The third-order valence-corrected chi connectivity index (χ3v) is 2.80. The zero-order valence-electron chi connectivity index (χ0n) is 11.5. The number of rotatable bonds is 5. The van der Waals surface area contributed by atoms with Crippen molar-refractivity contribution in [3.63, 3.8) is 0 Å². The Morgan fingerprint density at radius 3 is 2.25 bits per heavy atom. The lowest BCUT2D eigenvalue weighted by molar-refractivity contribution is -0.686. The number of carbonyl (C=O) groups excluding carboxylic acids is 1. The quantitative estimate of drug-likeness (QED) is 0.616. The van der Waals surface area contributed by atoms with Crippen molar-refractivity contribution in [1.82, 2.24) is 0 Å². The minimum absolute atomic E-state index is 0.218. The van der Waals surface area contributed by atoms with Crippen LogP contribution < -0.4 is 4.57 Å². The van der Waals surface area contributed by atoms with E-state index >= 15 is 0 Å². The van der Waals surface area contributed by atoms with Gasteiger partial charge in [0.1, 0.15) is 0 Å². The average Bonchev–Trinajstić information content (AvgIpc) is 2.48. The summed E-state index contributed by atoms with van der Waals surface area (Å²) in [5, 5.41) is 0. The lowest BCUT2D eigenvalue weighted by Crippen LogP contribution is -2.37. The molecule has 0 amide bonds. The Labute approximate surface area is 119 Å². The zero-order chi connectivity index (χ0) is 14.2. The molecule has 0 aliphatic heterocycles. The van der Waals surface area contributed by atoms with Crippen LogP contribution in [0.5, 0.6) is 0 Å². The topological polar surface area (TPSA) is 30.2 Å². The average molecular weight is 268 g/mol. The van der Waals surface area contributed by atoms with Crippen molar-refractivity contribution in [2.75, 3.05) is 6.61 Å². The molecular weight excluding hydrogens is 250 g/mol. The number of aromatic nitrogens is 1. The van der Waals surface area contributed by atoms with Gasteiger partial charge in [-0.3, -0.25) is 0 Å². The molecule has 3 heteroatoms. The van der Waals surface area contributed by atoms with Crippen molar-refractivity contribution in [1.29, 1.82) is 0 Å².